The van der Waals surface area contributed by atoms with Crippen molar-refractivity contribution >= 4 is 11.7 Å². The summed E-state index contributed by atoms with van der Waals surface area (Å²) in [6.07, 6.45) is -1.18. The summed E-state index contributed by atoms with van der Waals surface area (Å²) in [5.74, 6) is -5.90. The van der Waals surface area contributed by atoms with Gasteiger partial charge in [0.1, 0.15) is 5.83 Å². The average Bonchev–Trinajstić information content (AvgIpc) is 2.97. The van der Waals surface area contributed by atoms with Gasteiger partial charge in [-0.25, -0.2) is 13.2 Å². The molecule has 4 nitrogen and oxygen atoms in total. The van der Waals surface area contributed by atoms with Crippen molar-refractivity contribution in [3.05, 3.63) is 35.3 Å². The lowest BCUT2D eigenvalue weighted by molar-refractivity contribution is -0.179. The van der Waals surface area contributed by atoms with Gasteiger partial charge in [0.25, 0.3) is 0 Å². The Labute approximate surface area is 169 Å². The molecule has 2 aliphatic carbocycles. The van der Waals surface area contributed by atoms with Crippen molar-refractivity contribution in [2.24, 2.45) is 11.8 Å². The number of aryl methyl sites for hydroxylation is 1. The molecular weight excluding hydrogens is 412 g/mol. The molecule has 0 spiro atoms. The van der Waals surface area contributed by atoms with E-state index in [4.69, 9.17) is 0 Å². The fourth-order valence-corrected chi connectivity index (χ4v) is 4.47. The Morgan fingerprint density at radius 1 is 1.30 bits per heavy atom. The molecule has 2 heterocycles. The van der Waals surface area contributed by atoms with Crippen LogP contribution in [0.1, 0.15) is 49.3 Å². The summed E-state index contributed by atoms with van der Waals surface area (Å²) in [5.41, 5.74) is 0.815. The first-order valence-corrected chi connectivity index (χ1v) is 9.89. The van der Waals surface area contributed by atoms with Crippen LogP contribution >= 0.6 is 0 Å². The summed E-state index contributed by atoms with van der Waals surface area (Å²) >= 11 is 0. The van der Waals surface area contributed by atoms with E-state index in [1.807, 2.05) is 0 Å². The highest BCUT2D eigenvalue weighted by Gasteiger charge is 2.46. The molecule has 0 bridgehead atoms. The van der Waals surface area contributed by atoms with E-state index in [0.717, 1.165) is 0 Å². The summed E-state index contributed by atoms with van der Waals surface area (Å²) in [5, 5.41) is 6.91. The number of fused-ring (bicyclic) bond motifs is 1. The zero-order valence-electron chi connectivity index (χ0n) is 16.0. The molecule has 1 fully saturated rings. The molecule has 1 aromatic rings. The summed E-state index contributed by atoms with van der Waals surface area (Å²) in [4.78, 5) is 12.4. The Kier molecular flexibility index (Phi) is 5.22. The first kappa shape index (κ1) is 21.0. The van der Waals surface area contributed by atoms with Crippen LogP contribution in [-0.2, 0) is 17.8 Å². The van der Waals surface area contributed by atoms with Crippen molar-refractivity contribution in [2.45, 2.75) is 63.1 Å². The van der Waals surface area contributed by atoms with Crippen LogP contribution in [0.25, 0.3) is 0 Å². The molecule has 3 aliphatic rings. The molecule has 0 radical (unpaired) electrons. The van der Waals surface area contributed by atoms with E-state index >= 15 is 0 Å². The summed E-state index contributed by atoms with van der Waals surface area (Å²) < 4.78 is 80.8. The lowest BCUT2D eigenvalue weighted by Crippen LogP contribution is -2.37. The van der Waals surface area contributed by atoms with Gasteiger partial charge in [-0.05, 0) is 30.9 Å². The van der Waals surface area contributed by atoms with Crippen LogP contribution in [0, 0.1) is 11.8 Å². The van der Waals surface area contributed by atoms with E-state index in [1.165, 1.54) is 16.8 Å². The van der Waals surface area contributed by atoms with Crippen LogP contribution in [0.4, 0.5) is 32.2 Å². The zero-order chi connectivity index (χ0) is 21.7. The predicted molar refractivity (Wildman–Crippen MR) is 96.7 cm³/mol. The number of rotatable bonds is 4. The lowest BCUT2D eigenvalue weighted by Gasteiger charge is -2.34. The molecule has 1 N–H and O–H groups in total. The third-order valence-electron chi connectivity index (χ3n) is 6.02. The van der Waals surface area contributed by atoms with Crippen molar-refractivity contribution in [1.29, 1.82) is 0 Å². The van der Waals surface area contributed by atoms with Crippen molar-refractivity contribution in [3.63, 3.8) is 0 Å². The van der Waals surface area contributed by atoms with Gasteiger partial charge in [-0.15, -0.1) is 0 Å². The fourth-order valence-electron chi connectivity index (χ4n) is 4.47. The van der Waals surface area contributed by atoms with E-state index in [0.29, 0.717) is 11.3 Å². The number of anilines is 1. The smallest absolute Gasteiger partial charge is 0.309 e. The Hall–Kier alpha value is -2.26. The number of nitrogens with one attached hydrogen (secondary N) is 1. The maximum absolute atomic E-state index is 13.4. The van der Waals surface area contributed by atoms with Gasteiger partial charge in [0.15, 0.2) is 5.82 Å². The monoisotopic (exact) mass is 433 g/mol. The second-order valence-corrected chi connectivity index (χ2v) is 8.34. The van der Waals surface area contributed by atoms with Crippen LogP contribution in [0.2, 0.25) is 0 Å². The van der Waals surface area contributed by atoms with Crippen LogP contribution in [-0.4, -0.2) is 27.8 Å². The second-order valence-electron chi connectivity index (χ2n) is 8.34. The number of carbonyl (C=O) groups is 1. The van der Waals surface area contributed by atoms with Crippen molar-refractivity contribution < 1.29 is 31.1 Å². The van der Waals surface area contributed by atoms with Gasteiger partial charge in [0.2, 0.25) is 11.8 Å². The van der Waals surface area contributed by atoms with Crippen LogP contribution in [0.5, 0.6) is 0 Å². The van der Waals surface area contributed by atoms with Gasteiger partial charge in [-0.2, -0.15) is 18.3 Å². The number of halogens is 6. The molecule has 1 aliphatic heterocycles. The molecule has 4 rings (SSSR count). The Bertz CT molecular complexity index is 893. The third-order valence-corrected chi connectivity index (χ3v) is 6.02. The molecule has 1 amide bonds. The number of amides is 1. The number of alkyl halides is 5. The van der Waals surface area contributed by atoms with Crippen LogP contribution < -0.4 is 5.32 Å². The van der Waals surface area contributed by atoms with Gasteiger partial charge in [0, 0.05) is 49.4 Å². The van der Waals surface area contributed by atoms with Gasteiger partial charge in [0.05, 0.1) is 5.92 Å². The Morgan fingerprint density at radius 3 is 2.63 bits per heavy atom. The number of allylic oxidation sites excluding steroid dienone is 4. The normalized spacial score (nSPS) is 26.0. The minimum absolute atomic E-state index is 0.0534. The molecule has 10 heteroatoms. The first-order valence-electron chi connectivity index (χ1n) is 9.89. The number of carbonyl (C=O) groups excluding carboxylic acids is 1. The molecular formula is C20H21F6N3O. The van der Waals surface area contributed by atoms with Gasteiger partial charge >= 0.3 is 6.18 Å². The Morgan fingerprint density at radius 2 is 2.03 bits per heavy atom. The van der Waals surface area contributed by atoms with E-state index in [9.17, 15) is 31.1 Å². The highest BCUT2D eigenvalue weighted by atomic mass is 19.4. The van der Waals surface area contributed by atoms with E-state index in [-0.39, 0.29) is 50.9 Å². The van der Waals surface area contributed by atoms with Gasteiger partial charge in [-0.1, -0.05) is 6.08 Å². The van der Waals surface area contributed by atoms with E-state index in [1.54, 1.807) is 6.08 Å². The predicted octanol–water partition coefficient (Wildman–Crippen LogP) is 5.28. The molecule has 164 valence electrons. The third kappa shape index (κ3) is 4.27. The summed E-state index contributed by atoms with van der Waals surface area (Å²) in [6.45, 7) is 0.0534. The first-order chi connectivity index (χ1) is 14.0. The molecule has 2 unspecified atom stereocenters. The van der Waals surface area contributed by atoms with Crippen LogP contribution in [0.15, 0.2) is 24.1 Å². The average molecular weight is 433 g/mol. The SMILES string of the molecule is O=C(CC1CC(F)(F)C1)Nc1nn2c(c1C1C=CC(F)=CC1)CC(C(F)(F)F)CC2. The topological polar surface area (TPSA) is 46.9 Å². The minimum atomic E-state index is -4.35. The molecule has 1 saturated carbocycles. The van der Waals surface area contributed by atoms with E-state index in [2.05, 4.69) is 10.4 Å². The fraction of sp³-hybridized carbons (Fsp3) is 0.600. The number of hydrogen-bond donors (Lipinski definition) is 1. The molecule has 1 aromatic heterocycles. The molecule has 0 saturated heterocycles. The van der Waals surface area contributed by atoms with Crippen LogP contribution in [0.3, 0.4) is 0 Å². The Balaban J connectivity index is 1.58. The quantitative estimate of drug-likeness (QED) is 0.657. The number of hydrogen-bond acceptors (Lipinski definition) is 2. The number of nitrogens with zero attached hydrogens (tertiary/aromatic N) is 2. The largest absolute Gasteiger partial charge is 0.392 e. The van der Waals surface area contributed by atoms with Gasteiger partial charge in [-0.3, -0.25) is 9.48 Å². The van der Waals surface area contributed by atoms with Crippen molar-refractivity contribution in [3.8, 4) is 0 Å². The standard InChI is InChI=1S/C20H21F6N3O/c21-14-3-1-12(2-4-14)17-15-8-13(20(24,25)26)5-6-29(15)28-18(17)27-16(30)7-11-9-19(22,23)10-11/h1,3-4,11-13H,2,5-10H2,(H,27,28,30). The molecule has 2 atom stereocenters. The van der Waals surface area contributed by atoms with Crippen molar-refractivity contribution in [2.75, 3.05) is 5.32 Å². The van der Waals surface area contributed by atoms with E-state index < -0.39 is 41.6 Å². The van der Waals surface area contributed by atoms with Gasteiger partial charge < -0.3 is 5.32 Å². The molecule has 30 heavy (non-hydrogen) atoms. The number of aromatic nitrogens is 2. The van der Waals surface area contributed by atoms with Crippen molar-refractivity contribution in [1.82, 2.24) is 9.78 Å². The lowest BCUT2D eigenvalue weighted by atomic mass is 9.79. The minimum Gasteiger partial charge on any atom is -0.309 e. The summed E-state index contributed by atoms with van der Waals surface area (Å²) in [6, 6.07) is 0. The highest BCUT2D eigenvalue weighted by molar-refractivity contribution is 5.91. The highest BCUT2D eigenvalue weighted by Crippen LogP contribution is 2.45. The molecule has 0 aromatic carbocycles. The summed E-state index contributed by atoms with van der Waals surface area (Å²) in [7, 11) is 0. The maximum atomic E-state index is 13.4. The maximum Gasteiger partial charge on any atom is 0.392 e. The second kappa shape index (κ2) is 7.46. The zero-order valence-corrected chi connectivity index (χ0v) is 16.0.